The van der Waals surface area contributed by atoms with E-state index in [0.717, 1.165) is 0 Å². The monoisotopic (exact) mass is 567 g/mol. The molecule has 11 heteroatoms. The highest BCUT2D eigenvalue weighted by molar-refractivity contribution is 7.93. The molecule has 4 rings (SSSR count). The molecule has 1 aliphatic heterocycles. The minimum Gasteiger partial charge on any atom is -0.461 e. The molecule has 1 aromatic rings. The lowest BCUT2D eigenvalue weighted by Gasteiger charge is -2.48. The highest BCUT2D eigenvalue weighted by Gasteiger charge is 2.61. The molecule has 3 aliphatic rings. The zero-order chi connectivity index (χ0) is 28.2. The zero-order valence-corrected chi connectivity index (χ0v) is 26.1. The number of fused-ring (bicyclic) bond motifs is 1. The Morgan fingerprint density at radius 2 is 1.68 bits per heavy atom. The first-order chi connectivity index (χ1) is 17.7. The summed E-state index contributed by atoms with van der Waals surface area (Å²) in [5, 5.41) is 3.84. The van der Waals surface area contributed by atoms with Crippen molar-refractivity contribution in [2.45, 2.75) is 113 Å². The molecular weight excluding hydrogens is 522 g/mol. The predicted octanol–water partition coefficient (Wildman–Crippen LogP) is 4.27. The number of sulfone groups is 1. The molecule has 0 N–H and O–H groups in total. The molecule has 38 heavy (non-hydrogen) atoms. The topological polar surface area (TPSA) is 108 Å². The van der Waals surface area contributed by atoms with Crippen molar-refractivity contribution < 1.29 is 27.2 Å². The number of hydrogen-bond donors (Lipinski definition) is 0. The van der Waals surface area contributed by atoms with Gasteiger partial charge < -0.3 is 14.1 Å². The number of aromatic nitrogens is 2. The van der Waals surface area contributed by atoms with Crippen molar-refractivity contribution in [3.05, 3.63) is 17.0 Å². The third kappa shape index (κ3) is 4.66. The van der Waals surface area contributed by atoms with Crippen LogP contribution in [-0.2, 0) is 32.5 Å². The zero-order valence-electron chi connectivity index (χ0n) is 24.2. The van der Waals surface area contributed by atoms with Gasteiger partial charge in [-0.05, 0) is 55.7 Å². The first kappa shape index (κ1) is 29.3. The third-order valence-electron chi connectivity index (χ3n) is 9.19. The van der Waals surface area contributed by atoms with Gasteiger partial charge in [0.25, 0.3) is 5.91 Å². The summed E-state index contributed by atoms with van der Waals surface area (Å²) < 4.78 is 40.1. The van der Waals surface area contributed by atoms with Crippen LogP contribution >= 0.6 is 0 Å². The second-order valence-corrected chi connectivity index (χ2v) is 20.4. The SMILES string of the molecule is CCOC(=O)c1nn(C)c2c1CCN(CC1(S(=O)(=O)[C@H]3C[C@H](O[Si](C(C)C)(C(C)C)C(C)C)C3)CC1)C2=O. The Morgan fingerprint density at radius 1 is 1.11 bits per heavy atom. The van der Waals surface area contributed by atoms with Gasteiger partial charge in [0.15, 0.2) is 15.5 Å². The normalized spacial score (nSPS) is 23.1. The van der Waals surface area contributed by atoms with Gasteiger partial charge in [-0.1, -0.05) is 41.5 Å². The van der Waals surface area contributed by atoms with Gasteiger partial charge in [-0.3, -0.25) is 9.48 Å². The first-order valence-corrected chi connectivity index (χ1v) is 17.8. The number of carbonyl (C=O) groups excluding carboxylic acids is 2. The van der Waals surface area contributed by atoms with Gasteiger partial charge in [0.05, 0.1) is 16.6 Å². The van der Waals surface area contributed by atoms with E-state index in [1.165, 1.54) is 4.68 Å². The van der Waals surface area contributed by atoms with Crippen LogP contribution in [0.15, 0.2) is 0 Å². The van der Waals surface area contributed by atoms with Crippen LogP contribution in [0.3, 0.4) is 0 Å². The minimum absolute atomic E-state index is 0.000594. The van der Waals surface area contributed by atoms with E-state index < -0.39 is 34.1 Å². The number of aryl methyl sites for hydroxylation is 1. The summed E-state index contributed by atoms with van der Waals surface area (Å²) in [6, 6.07) is 0. The molecule has 214 valence electrons. The second kappa shape index (κ2) is 10.4. The van der Waals surface area contributed by atoms with Crippen LogP contribution in [-0.4, -0.2) is 79.1 Å². The summed E-state index contributed by atoms with van der Waals surface area (Å²) in [5.74, 6) is -0.803. The quantitative estimate of drug-likeness (QED) is 0.290. The van der Waals surface area contributed by atoms with Gasteiger partial charge in [-0.15, -0.1) is 0 Å². The number of ether oxygens (including phenoxy) is 1. The Bertz CT molecular complexity index is 1160. The molecule has 0 bridgehead atoms. The maximum absolute atomic E-state index is 13.8. The van der Waals surface area contributed by atoms with Crippen molar-refractivity contribution in [1.29, 1.82) is 0 Å². The van der Waals surface area contributed by atoms with Gasteiger partial charge in [-0.25, -0.2) is 13.2 Å². The van der Waals surface area contributed by atoms with Gasteiger partial charge in [0.1, 0.15) is 5.69 Å². The number of carbonyl (C=O) groups is 2. The molecule has 2 fully saturated rings. The lowest BCUT2D eigenvalue weighted by Crippen LogP contribution is -2.56. The molecule has 1 aromatic heterocycles. The Labute approximate surface area is 228 Å². The van der Waals surface area contributed by atoms with E-state index in [4.69, 9.17) is 9.16 Å². The van der Waals surface area contributed by atoms with E-state index in [0.29, 0.717) is 66.5 Å². The van der Waals surface area contributed by atoms with Crippen LogP contribution in [0, 0.1) is 0 Å². The first-order valence-electron chi connectivity index (χ1n) is 14.1. The van der Waals surface area contributed by atoms with Crippen LogP contribution in [0.2, 0.25) is 16.6 Å². The second-order valence-electron chi connectivity index (χ2n) is 12.4. The van der Waals surface area contributed by atoms with E-state index in [2.05, 4.69) is 46.6 Å². The number of rotatable bonds is 11. The van der Waals surface area contributed by atoms with Crippen LogP contribution in [0.4, 0.5) is 0 Å². The molecule has 2 heterocycles. The van der Waals surface area contributed by atoms with Crippen LogP contribution in [0.25, 0.3) is 0 Å². The Kier molecular flexibility index (Phi) is 7.97. The molecule has 9 nitrogen and oxygen atoms in total. The molecule has 2 saturated carbocycles. The number of hydrogen-bond acceptors (Lipinski definition) is 7. The number of nitrogens with zero attached hydrogens (tertiary/aromatic N) is 3. The van der Waals surface area contributed by atoms with E-state index >= 15 is 0 Å². The highest BCUT2D eigenvalue weighted by Crippen LogP contribution is 2.52. The number of amides is 1. The van der Waals surface area contributed by atoms with Crippen molar-refractivity contribution >= 4 is 30.0 Å². The molecule has 0 atom stereocenters. The molecule has 0 saturated heterocycles. The maximum atomic E-state index is 13.8. The predicted molar refractivity (Wildman–Crippen MR) is 149 cm³/mol. The minimum atomic E-state index is -3.42. The molecular formula is C27H45N3O6SSi. The van der Waals surface area contributed by atoms with E-state index in [1.807, 2.05) is 0 Å². The fourth-order valence-electron chi connectivity index (χ4n) is 7.02. The Balaban J connectivity index is 1.45. The average molecular weight is 568 g/mol. The van der Waals surface area contributed by atoms with Gasteiger partial charge >= 0.3 is 5.97 Å². The molecule has 0 unspecified atom stereocenters. The Morgan fingerprint density at radius 3 is 2.18 bits per heavy atom. The third-order valence-corrected chi connectivity index (χ3v) is 18.4. The van der Waals surface area contributed by atoms with Gasteiger partial charge in [0, 0.05) is 31.8 Å². The van der Waals surface area contributed by atoms with Crippen LogP contribution < -0.4 is 0 Å². The van der Waals surface area contributed by atoms with Gasteiger partial charge in [-0.2, -0.15) is 5.10 Å². The van der Waals surface area contributed by atoms with E-state index in [9.17, 15) is 18.0 Å². The Hall–Kier alpha value is -1.72. The summed E-state index contributed by atoms with van der Waals surface area (Å²) >= 11 is 0. The highest BCUT2D eigenvalue weighted by atomic mass is 32.2. The standard InChI is InChI=1S/C27H45N3O6SSi/c1-9-35-26(32)23-22-10-13-30(25(31)24(22)29(8)28-23)16-27(11-12-27)37(33,34)21-14-20(15-21)36-38(17(2)3,18(4)5)19(6)7/h17-21H,9-16H2,1-8H3/t20-,21-. The van der Waals surface area contributed by atoms with Crippen molar-refractivity contribution in [1.82, 2.24) is 14.7 Å². The van der Waals surface area contributed by atoms with Crippen molar-refractivity contribution in [3.63, 3.8) is 0 Å². The van der Waals surface area contributed by atoms with Crippen molar-refractivity contribution in [3.8, 4) is 0 Å². The molecule has 0 spiro atoms. The summed E-state index contributed by atoms with van der Waals surface area (Å²) in [6.07, 6.45) is 2.71. The fourth-order valence-corrected chi connectivity index (χ4v) is 15.3. The lowest BCUT2D eigenvalue weighted by atomic mass is 9.96. The summed E-state index contributed by atoms with van der Waals surface area (Å²) in [4.78, 5) is 27.4. The summed E-state index contributed by atoms with van der Waals surface area (Å²) in [6.45, 7) is 16.0. The molecule has 2 aliphatic carbocycles. The molecule has 1 amide bonds. The van der Waals surface area contributed by atoms with Crippen LogP contribution in [0.5, 0.6) is 0 Å². The smallest absolute Gasteiger partial charge is 0.359 e. The van der Waals surface area contributed by atoms with Crippen molar-refractivity contribution in [2.75, 3.05) is 19.7 Å². The molecule has 0 aromatic carbocycles. The lowest BCUT2D eigenvalue weighted by molar-refractivity contribution is 0.0517. The van der Waals surface area contributed by atoms with Gasteiger partial charge in [0.2, 0.25) is 8.32 Å². The van der Waals surface area contributed by atoms with E-state index in [1.54, 1.807) is 18.9 Å². The summed E-state index contributed by atoms with van der Waals surface area (Å²) in [5.41, 5.74) is 2.49. The van der Waals surface area contributed by atoms with E-state index in [-0.39, 0.29) is 30.9 Å². The van der Waals surface area contributed by atoms with Crippen molar-refractivity contribution in [2.24, 2.45) is 7.05 Å². The fraction of sp³-hybridized carbons (Fsp3) is 0.815. The summed E-state index contributed by atoms with van der Waals surface area (Å²) in [7, 11) is -3.85. The number of esters is 1. The average Bonchev–Trinajstić information content (AvgIpc) is 3.51. The van der Waals surface area contributed by atoms with Crippen LogP contribution in [0.1, 0.15) is 101 Å². The maximum Gasteiger partial charge on any atom is 0.359 e. The molecule has 0 radical (unpaired) electrons. The largest absolute Gasteiger partial charge is 0.461 e.